The van der Waals surface area contributed by atoms with Crippen LogP contribution in [0.2, 0.25) is 0 Å². The first-order chi connectivity index (χ1) is 12.5. The van der Waals surface area contributed by atoms with Crippen molar-refractivity contribution in [2.75, 3.05) is 0 Å². The Morgan fingerprint density at radius 2 is 1.81 bits per heavy atom. The van der Waals surface area contributed by atoms with Crippen molar-refractivity contribution in [3.05, 3.63) is 80.9 Å². The van der Waals surface area contributed by atoms with E-state index in [1.54, 1.807) is 19.1 Å². The maximum absolute atomic E-state index is 12.3. The number of nitriles is 1. The van der Waals surface area contributed by atoms with Crippen LogP contribution in [0, 0.1) is 27.4 Å². The van der Waals surface area contributed by atoms with E-state index in [1.807, 2.05) is 30.3 Å². The highest BCUT2D eigenvalue weighted by Crippen LogP contribution is 2.45. The normalized spacial score (nSPS) is 19.6. The van der Waals surface area contributed by atoms with Crippen LogP contribution in [0.5, 0.6) is 0 Å². The molecule has 2 atom stereocenters. The van der Waals surface area contributed by atoms with Gasteiger partial charge in [0.15, 0.2) is 0 Å². The summed E-state index contributed by atoms with van der Waals surface area (Å²) in [4.78, 5) is 24.6. The van der Waals surface area contributed by atoms with E-state index in [9.17, 15) is 20.2 Å². The summed E-state index contributed by atoms with van der Waals surface area (Å²) in [5.41, 5.74) is 1.37. The predicted octanol–water partition coefficient (Wildman–Crippen LogP) is 3.97. The van der Waals surface area contributed by atoms with E-state index in [0.717, 1.165) is 9.80 Å². The Balaban J connectivity index is 2.06. The number of rotatable bonds is 4. The van der Waals surface area contributed by atoms with Crippen LogP contribution >= 0.6 is 11.8 Å². The molecule has 130 valence electrons. The molecule has 0 radical (unpaired) electrons. The highest BCUT2D eigenvalue weighted by Gasteiger charge is 2.38. The summed E-state index contributed by atoms with van der Waals surface area (Å²) >= 11 is 1.49. The van der Waals surface area contributed by atoms with Gasteiger partial charge in [-0.25, -0.2) is 0 Å². The maximum atomic E-state index is 12.3. The smallest absolute Gasteiger partial charge is 0.269 e. The zero-order valence-corrected chi connectivity index (χ0v) is 14.7. The lowest BCUT2D eigenvalue weighted by Gasteiger charge is -2.31. The summed E-state index contributed by atoms with van der Waals surface area (Å²) in [6, 6.07) is 17.8. The molecular formula is C19H15N3O3S. The third-order valence-electron chi connectivity index (χ3n) is 4.15. The minimum atomic E-state index is -0.897. The van der Waals surface area contributed by atoms with Crippen LogP contribution in [0.1, 0.15) is 18.4 Å². The van der Waals surface area contributed by atoms with Crippen LogP contribution in [-0.2, 0) is 4.79 Å². The van der Waals surface area contributed by atoms with E-state index in [-0.39, 0.29) is 11.6 Å². The third kappa shape index (κ3) is 3.46. The molecule has 0 aliphatic carbocycles. The highest BCUT2D eigenvalue weighted by atomic mass is 32.2. The summed E-state index contributed by atoms with van der Waals surface area (Å²) < 4.78 is 0. The first-order valence-corrected chi connectivity index (χ1v) is 8.71. The molecule has 1 aliphatic heterocycles. The van der Waals surface area contributed by atoms with Crippen molar-refractivity contribution in [2.45, 2.75) is 17.7 Å². The molecule has 7 heteroatoms. The van der Waals surface area contributed by atoms with Gasteiger partial charge in [-0.05, 0) is 24.6 Å². The van der Waals surface area contributed by atoms with Gasteiger partial charge in [0.25, 0.3) is 5.69 Å². The zero-order valence-electron chi connectivity index (χ0n) is 13.9. The van der Waals surface area contributed by atoms with E-state index >= 15 is 0 Å². The Morgan fingerprint density at radius 1 is 1.15 bits per heavy atom. The van der Waals surface area contributed by atoms with Crippen LogP contribution in [-0.4, -0.2) is 10.8 Å². The van der Waals surface area contributed by atoms with E-state index in [4.69, 9.17) is 0 Å². The quantitative estimate of drug-likeness (QED) is 0.653. The van der Waals surface area contributed by atoms with Crippen molar-refractivity contribution in [3.8, 4) is 6.07 Å². The molecule has 1 amide bonds. The van der Waals surface area contributed by atoms with Gasteiger partial charge in [0.05, 0.1) is 11.0 Å². The lowest BCUT2D eigenvalue weighted by molar-refractivity contribution is -0.384. The Hall–Kier alpha value is -3.11. The number of carbonyl (C=O) groups is 1. The molecule has 3 rings (SSSR count). The number of hydrogen-bond acceptors (Lipinski definition) is 5. The Kier molecular flexibility index (Phi) is 5.05. The monoisotopic (exact) mass is 365 g/mol. The van der Waals surface area contributed by atoms with Crippen LogP contribution in [0.15, 0.2) is 70.1 Å². The van der Waals surface area contributed by atoms with Gasteiger partial charge in [-0.15, -0.1) is 0 Å². The van der Waals surface area contributed by atoms with Gasteiger partial charge in [0.1, 0.15) is 5.92 Å². The second-order valence-electron chi connectivity index (χ2n) is 5.83. The number of nitrogens with one attached hydrogen (secondary N) is 1. The van der Waals surface area contributed by atoms with Crippen molar-refractivity contribution in [3.63, 3.8) is 0 Å². The number of nitro benzene ring substituents is 1. The standard InChI is InChI=1S/C19H15N3O3S/c1-12-18(26-15-5-3-2-4-6-15)17(16(11-20)19(23)21-12)13-7-9-14(10-8-13)22(24)25/h2-10,16-17H,1H3,(H,21,23). The molecule has 1 heterocycles. The number of carbonyl (C=O) groups excluding carboxylic acids is 1. The number of non-ortho nitro benzene ring substituents is 1. The molecule has 1 aliphatic rings. The van der Waals surface area contributed by atoms with Crippen molar-refractivity contribution in [2.24, 2.45) is 5.92 Å². The van der Waals surface area contributed by atoms with Crippen LogP contribution < -0.4 is 5.32 Å². The number of nitro groups is 1. The summed E-state index contributed by atoms with van der Waals surface area (Å²) in [5, 5.41) is 23.2. The summed E-state index contributed by atoms with van der Waals surface area (Å²) in [7, 11) is 0. The van der Waals surface area contributed by atoms with Crippen LogP contribution in [0.4, 0.5) is 5.69 Å². The van der Waals surface area contributed by atoms with Gasteiger partial charge in [-0.3, -0.25) is 14.9 Å². The Morgan fingerprint density at radius 3 is 2.38 bits per heavy atom. The third-order valence-corrected chi connectivity index (χ3v) is 5.44. The van der Waals surface area contributed by atoms with Gasteiger partial charge >= 0.3 is 0 Å². The lowest BCUT2D eigenvalue weighted by atomic mass is 9.83. The minimum Gasteiger partial charge on any atom is -0.328 e. The second kappa shape index (κ2) is 7.42. The fraction of sp³-hybridized carbons (Fsp3) is 0.158. The minimum absolute atomic E-state index is 0.0273. The maximum Gasteiger partial charge on any atom is 0.269 e. The van der Waals surface area contributed by atoms with Gasteiger partial charge < -0.3 is 5.32 Å². The SMILES string of the molecule is CC1=C(Sc2ccccc2)C(c2ccc([N+](=O)[O-])cc2)C(C#N)C(=O)N1. The van der Waals surface area contributed by atoms with Crippen molar-refractivity contribution in [1.29, 1.82) is 5.26 Å². The van der Waals surface area contributed by atoms with Gasteiger partial charge in [0.2, 0.25) is 5.91 Å². The number of amides is 1. The molecule has 0 aromatic heterocycles. The zero-order chi connectivity index (χ0) is 18.7. The van der Waals surface area contributed by atoms with Crippen LogP contribution in [0.3, 0.4) is 0 Å². The van der Waals surface area contributed by atoms with Crippen molar-refractivity contribution < 1.29 is 9.72 Å². The van der Waals surface area contributed by atoms with Gasteiger partial charge in [-0.2, -0.15) is 5.26 Å². The average Bonchev–Trinajstić information content (AvgIpc) is 2.64. The molecule has 2 aromatic rings. The molecule has 0 saturated carbocycles. The van der Waals surface area contributed by atoms with Crippen molar-refractivity contribution >= 4 is 23.4 Å². The summed E-state index contributed by atoms with van der Waals surface area (Å²) in [6.45, 7) is 1.80. The van der Waals surface area contributed by atoms with Crippen molar-refractivity contribution in [1.82, 2.24) is 5.32 Å². The van der Waals surface area contributed by atoms with Gasteiger partial charge in [0, 0.05) is 33.5 Å². The topological polar surface area (TPSA) is 96.0 Å². The van der Waals surface area contributed by atoms with E-state index in [2.05, 4.69) is 11.4 Å². The number of thioether (sulfide) groups is 1. The van der Waals surface area contributed by atoms with Crippen LogP contribution in [0.25, 0.3) is 0 Å². The lowest BCUT2D eigenvalue weighted by Crippen LogP contribution is -2.38. The molecule has 0 saturated heterocycles. The molecule has 0 spiro atoms. The second-order valence-corrected chi connectivity index (χ2v) is 6.94. The fourth-order valence-electron chi connectivity index (χ4n) is 2.90. The molecule has 2 unspecified atom stereocenters. The summed E-state index contributed by atoms with van der Waals surface area (Å²) in [5.74, 6) is -1.73. The number of nitrogens with zero attached hydrogens (tertiary/aromatic N) is 2. The van der Waals surface area contributed by atoms with Gasteiger partial charge in [-0.1, -0.05) is 42.1 Å². The molecule has 1 N–H and O–H groups in total. The van der Waals surface area contributed by atoms with E-state index < -0.39 is 16.8 Å². The largest absolute Gasteiger partial charge is 0.328 e. The number of benzene rings is 2. The molecule has 0 bridgehead atoms. The first-order valence-electron chi connectivity index (χ1n) is 7.89. The molecule has 6 nitrogen and oxygen atoms in total. The predicted molar refractivity (Wildman–Crippen MR) is 98.1 cm³/mol. The van der Waals surface area contributed by atoms with E-state index in [1.165, 1.54) is 23.9 Å². The molecule has 2 aromatic carbocycles. The first kappa shape index (κ1) is 17.7. The Bertz CT molecular complexity index is 917. The molecule has 0 fully saturated rings. The average molecular weight is 365 g/mol. The Labute approximate surface area is 154 Å². The molecular weight excluding hydrogens is 350 g/mol. The summed E-state index contributed by atoms with van der Waals surface area (Å²) in [6.07, 6.45) is 0. The number of allylic oxidation sites excluding steroid dienone is 2. The molecule has 26 heavy (non-hydrogen) atoms. The highest BCUT2D eigenvalue weighted by molar-refractivity contribution is 8.03. The number of hydrogen-bond donors (Lipinski definition) is 1. The fourth-order valence-corrected chi connectivity index (χ4v) is 4.05. The van der Waals surface area contributed by atoms with E-state index in [0.29, 0.717) is 11.3 Å².